The summed E-state index contributed by atoms with van der Waals surface area (Å²) in [6, 6.07) is 12.4. The molecule has 202 valence electrons. The van der Waals surface area contributed by atoms with Gasteiger partial charge in [0.25, 0.3) is 0 Å². The van der Waals surface area contributed by atoms with E-state index in [2.05, 4.69) is 0 Å². The van der Waals surface area contributed by atoms with Gasteiger partial charge in [-0.15, -0.1) is 0 Å². The number of hydrogen-bond donors (Lipinski definition) is 0. The number of carbonyl (C=O) groups excluding carboxylic acids is 3. The van der Waals surface area contributed by atoms with E-state index in [4.69, 9.17) is 9.47 Å². The third-order valence-corrected chi connectivity index (χ3v) is 9.87. The molecule has 2 saturated heterocycles. The van der Waals surface area contributed by atoms with E-state index in [9.17, 15) is 23.6 Å². The number of carbonyl (C=O) groups is 3. The number of halogens is 1. The number of benzene rings is 2. The highest BCUT2D eigenvalue weighted by molar-refractivity contribution is 8.00. The molecule has 3 aliphatic heterocycles. The lowest BCUT2D eigenvalue weighted by molar-refractivity contribution is -0.136. The summed E-state index contributed by atoms with van der Waals surface area (Å²) in [7, 11) is 1.52. The summed E-state index contributed by atoms with van der Waals surface area (Å²) >= 11 is 2.12. The van der Waals surface area contributed by atoms with E-state index in [0.717, 1.165) is 28.0 Å². The van der Waals surface area contributed by atoms with Gasteiger partial charge in [-0.05, 0) is 30.3 Å². The number of thiazole rings is 1. The molecule has 0 spiro atoms. The van der Waals surface area contributed by atoms with Crippen molar-refractivity contribution in [2.24, 2.45) is 5.92 Å². The Bertz CT molecular complexity index is 1510. The first-order valence-electron chi connectivity index (χ1n) is 12.4. The van der Waals surface area contributed by atoms with Crippen LogP contribution in [0, 0.1) is 11.7 Å². The van der Waals surface area contributed by atoms with E-state index in [0.29, 0.717) is 47.5 Å². The highest BCUT2D eigenvalue weighted by Crippen LogP contribution is 2.55. The zero-order valence-corrected chi connectivity index (χ0v) is 22.5. The Morgan fingerprint density at radius 3 is 2.49 bits per heavy atom. The topological polar surface area (TPSA) is 98.2 Å². The normalized spacial score (nSPS) is 22.6. The summed E-state index contributed by atoms with van der Waals surface area (Å²) in [5.74, 6) is -2.51. The molecule has 6 rings (SSSR count). The summed E-state index contributed by atoms with van der Waals surface area (Å²) < 4.78 is 26.0. The fraction of sp³-hybridized carbons (Fsp3) is 0.333. The molecule has 2 unspecified atom stereocenters. The highest BCUT2D eigenvalue weighted by Gasteiger charge is 2.57. The Morgan fingerprint density at radius 1 is 1.05 bits per heavy atom. The van der Waals surface area contributed by atoms with Gasteiger partial charge in [-0.3, -0.25) is 23.7 Å². The number of hydrogen-bond acceptors (Lipinski definition) is 8. The maximum Gasteiger partial charge on any atom is 0.308 e. The Kier molecular flexibility index (Phi) is 6.77. The van der Waals surface area contributed by atoms with Crippen molar-refractivity contribution < 1.29 is 28.2 Å². The SMILES string of the molecule is COc1ccccc1[C@H]1c2sc(=O)n(CC(=O)N3CCOCC3)c2SC2C(=O)N(c3ccc(F)cc3)C(=O)C21. The monoisotopic (exact) mass is 569 g/mol. The van der Waals surface area contributed by atoms with Crippen molar-refractivity contribution in [2.45, 2.75) is 22.7 Å². The van der Waals surface area contributed by atoms with Gasteiger partial charge in [-0.1, -0.05) is 41.3 Å². The van der Waals surface area contributed by atoms with Crippen LogP contribution in [-0.2, 0) is 25.7 Å². The van der Waals surface area contributed by atoms with Gasteiger partial charge in [-0.2, -0.15) is 0 Å². The van der Waals surface area contributed by atoms with Crippen LogP contribution in [0.2, 0.25) is 0 Å². The number of para-hydroxylation sites is 1. The summed E-state index contributed by atoms with van der Waals surface area (Å²) in [5.41, 5.74) is 0.954. The van der Waals surface area contributed by atoms with Crippen LogP contribution >= 0.6 is 23.1 Å². The molecule has 12 heteroatoms. The van der Waals surface area contributed by atoms with Crippen LogP contribution in [0.4, 0.5) is 10.1 Å². The quantitative estimate of drug-likeness (QED) is 0.436. The third-order valence-electron chi connectivity index (χ3n) is 7.27. The average Bonchev–Trinajstić information content (AvgIpc) is 3.40. The predicted molar refractivity (Wildman–Crippen MR) is 143 cm³/mol. The Morgan fingerprint density at radius 2 is 1.77 bits per heavy atom. The van der Waals surface area contributed by atoms with E-state index < -0.39 is 34.7 Å². The molecule has 0 N–H and O–H groups in total. The second-order valence-electron chi connectivity index (χ2n) is 9.39. The number of fused-ring (bicyclic) bond motifs is 2. The van der Waals surface area contributed by atoms with Crippen molar-refractivity contribution in [1.82, 2.24) is 9.47 Å². The van der Waals surface area contributed by atoms with Gasteiger partial charge in [0.1, 0.15) is 23.4 Å². The smallest absolute Gasteiger partial charge is 0.308 e. The third kappa shape index (κ3) is 4.36. The first-order valence-corrected chi connectivity index (χ1v) is 14.1. The number of morpholine rings is 1. The van der Waals surface area contributed by atoms with Gasteiger partial charge >= 0.3 is 4.87 Å². The van der Waals surface area contributed by atoms with E-state index in [1.54, 1.807) is 17.0 Å². The van der Waals surface area contributed by atoms with Gasteiger partial charge in [0.15, 0.2) is 0 Å². The van der Waals surface area contributed by atoms with Crippen molar-refractivity contribution in [1.29, 1.82) is 0 Å². The molecule has 9 nitrogen and oxygen atoms in total. The minimum Gasteiger partial charge on any atom is -0.496 e. The first kappa shape index (κ1) is 25.8. The Hall–Kier alpha value is -3.48. The molecule has 3 aliphatic rings. The molecule has 2 aromatic carbocycles. The van der Waals surface area contributed by atoms with E-state index >= 15 is 0 Å². The van der Waals surface area contributed by atoms with Gasteiger partial charge in [0.2, 0.25) is 17.7 Å². The zero-order chi connectivity index (χ0) is 27.3. The lowest BCUT2D eigenvalue weighted by atomic mass is 9.82. The Balaban J connectivity index is 1.46. The summed E-state index contributed by atoms with van der Waals surface area (Å²) in [6.07, 6.45) is 0. The number of nitrogens with zero attached hydrogens (tertiary/aromatic N) is 3. The van der Waals surface area contributed by atoms with Crippen LogP contribution in [-0.4, -0.2) is 65.9 Å². The number of aromatic nitrogens is 1. The highest BCUT2D eigenvalue weighted by atomic mass is 32.2. The van der Waals surface area contributed by atoms with Crippen LogP contribution in [0.15, 0.2) is 58.4 Å². The van der Waals surface area contributed by atoms with Gasteiger partial charge in [-0.25, -0.2) is 9.29 Å². The molecular formula is C27H24FN3O6S2. The molecule has 3 aromatic rings. The van der Waals surface area contributed by atoms with Crippen molar-refractivity contribution >= 4 is 46.5 Å². The molecule has 0 saturated carbocycles. The van der Waals surface area contributed by atoms with Crippen LogP contribution in [0.5, 0.6) is 5.75 Å². The van der Waals surface area contributed by atoms with Crippen molar-refractivity contribution in [3.8, 4) is 5.75 Å². The van der Waals surface area contributed by atoms with Crippen LogP contribution < -0.4 is 14.5 Å². The van der Waals surface area contributed by atoms with E-state index in [1.165, 1.54) is 35.9 Å². The van der Waals surface area contributed by atoms with Crippen molar-refractivity contribution in [3.05, 3.63) is 74.5 Å². The largest absolute Gasteiger partial charge is 0.496 e. The predicted octanol–water partition coefficient (Wildman–Crippen LogP) is 2.71. The van der Waals surface area contributed by atoms with Gasteiger partial charge < -0.3 is 14.4 Å². The summed E-state index contributed by atoms with van der Waals surface area (Å²) in [6.45, 7) is 1.60. The zero-order valence-electron chi connectivity index (χ0n) is 20.9. The number of rotatable bonds is 5. The second kappa shape index (κ2) is 10.2. The molecule has 0 aliphatic carbocycles. The molecule has 4 heterocycles. The number of ether oxygens (including phenoxy) is 2. The molecule has 3 atom stereocenters. The Labute approximate surface area is 231 Å². The lowest BCUT2D eigenvalue weighted by Crippen LogP contribution is -2.43. The fourth-order valence-corrected chi connectivity index (χ4v) is 8.17. The molecule has 0 radical (unpaired) electrons. The minimum atomic E-state index is -0.844. The summed E-state index contributed by atoms with van der Waals surface area (Å²) in [5, 5.41) is -0.338. The van der Waals surface area contributed by atoms with Crippen LogP contribution in [0.1, 0.15) is 16.4 Å². The number of methoxy groups -OCH3 is 1. The average molecular weight is 570 g/mol. The van der Waals surface area contributed by atoms with Gasteiger partial charge in [0, 0.05) is 29.4 Å². The number of amides is 3. The molecule has 3 amide bonds. The number of anilines is 1. The molecule has 0 bridgehead atoms. The molecule has 1 aromatic heterocycles. The number of thioether (sulfide) groups is 1. The lowest BCUT2D eigenvalue weighted by Gasteiger charge is -2.32. The van der Waals surface area contributed by atoms with Crippen LogP contribution in [0.25, 0.3) is 0 Å². The standard InChI is InChI=1S/C27H24FN3O6S2/c1-36-18-5-3-2-4-17(18)20-21-22(25(34)31(24(21)33)16-8-6-15(28)7-9-16)38-26-23(20)39-27(35)30(26)14-19(32)29-10-12-37-13-11-29/h2-9,20-22H,10-14H2,1H3/t20-,21?,22?/m1/s1. The maximum absolute atomic E-state index is 13.9. The first-order chi connectivity index (χ1) is 18.9. The van der Waals surface area contributed by atoms with Crippen LogP contribution in [0.3, 0.4) is 0 Å². The van der Waals surface area contributed by atoms with Crippen molar-refractivity contribution in [2.75, 3.05) is 38.3 Å². The van der Waals surface area contributed by atoms with Crippen molar-refractivity contribution in [3.63, 3.8) is 0 Å². The maximum atomic E-state index is 13.9. The molecular weight excluding hydrogens is 545 g/mol. The summed E-state index contributed by atoms with van der Waals surface area (Å²) in [4.78, 5) is 57.1. The van der Waals surface area contributed by atoms with E-state index in [-0.39, 0.29) is 23.0 Å². The number of imide groups is 1. The molecule has 2 fully saturated rings. The molecule has 39 heavy (non-hydrogen) atoms. The van der Waals surface area contributed by atoms with E-state index in [1.807, 2.05) is 12.1 Å². The minimum absolute atomic E-state index is 0.169. The van der Waals surface area contributed by atoms with Gasteiger partial charge in [0.05, 0.1) is 37.0 Å². The second-order valence-corrected chi connectivity index (χ2v) is 11.5. The fourth-order valence-electron chi connectivity index (χ4n) is 5.41.